The number of aromatic hydroxyl groups is 1. The molecule has 3 heterocycles. The lowest BCUT2D eigenvalue weighted by Crippen LogP contribution is -2.74. The van der Waals surface area contributed by atoms with Gasteiger partial charge in [-0.25, -0.2) is 14.4 Å². The minimum absolute atomic E-state index is 0.00247. The van der Waals surface area contributed by atoms with E-state index in [2.05, 4.69) is 9.64 Å². The summed E-state index contributed by atoms with van der Waals surface area (Å²) in [5, 5.41) is 32.1. The quantitative estimate of drug-likeness (QED) is 0.396. The van der Waals surface area contributed by atoms with E-state index in [0.717, 1.165) is 10.5 Å². The van der Waals surface area contributed by atoms with Crippen LogP contribution in [0.3, 0.4) is 0 Å². The highest BCUT2D eigenvalue weighted by Crippen LogP contribution is 2.65. The van der Waals surface area contributed by atoms with Crippen LogP contribution in [0, 0.1) is 0 Å². The number of phenols is 1. The molecule has 3 aliphatic heterocycles. The van der Waals surface area contributed by atoms with Gasteiger partial charge < -0.3 is 39.3 Å². The second kappa shape index (κ2) is 9.84. The largest absolute Gasteiger partial charge is 0.504 e. The van der Waals surface area contributed by atoms with E-state index in [9.17, 15) is 47.7 Å². The number of carboxylic acid groups (broad SMARTS) is 1. The number of hydrogen-bond acceptors (Lipinski definition) is 10. The number of benzene rings is 1. The first-order valence-electron chi connectivity index (χ1n) is 13.9. The first-order valence-corrected chi connectivity index (χ1v) is 13.9. The van der Waals surface area contributed by atoms with E-state index < -0.39 is 65.7 Å². The highest BCUT2D eigenvalue weighted by Gasteiger charge is 2.72. The molecule has 6 rings (SSSR count). The fourth-order valence-electron chi connectivity index (χ4n) is 7.58. The average molecular weight is 611 g/mol. The number of ether oxygens (including phenoxy) is 3. The number of likely N-dealkylation sites (N-methyl/N-ethyl adjacent to an activating group) is 1. The van der Waals surface area contributed by atoms with Crippen LogP contribution < -0.4 is 4.74 Å². The van der Waals surface area contributed by atoms with Crippen molar-refractivity contribution in [2.75, 3.05) is 20.1 Å². The van der Waals surface area contributed by atoms with Crippen LogP contribution in [0.25, 0.3) is 0 Å². The molecule has 2 fully saturated rings. The number of carboxylic acids is 1. The van der Waals surface area contributed by atoms with Gasteiger partial charge in [-0.15, -0.1) is 0 Å². The molecule has 12 nitrogen and oxygen atoms in total. The smallest absolute Gasteiger partial charge is 0.490 e. The van der Waals surface area contributed by atoms with Crippen molar-refractivity contribution >= 4 is 23.8 Å². The molecule has 0 saturated carbocycles. The van der Waals surface area contributed by atoms with E-state index in [0.29, 0.717) is 31.4 Å². The minimum atomic E-state index is -5.46. The molecule has 2 saturated heterocycles. The molecule has 1 spiro atoms. The summed E-state index contributed by atoms with van der Waals surface area (Å²) >= 11 is 0. The van der Waals surface area contributed by atoms with Gasteiger partial charge in [-0.2, -0.15) is 13.2 Å². The van der Waals surface area contributed by atoms with Gasteiger partial charge in [0.15, 0.2) is 17.6 Å². The zero-order valence-corrected chi connectivity index (χ0v) is 22.9. The summed E-state index contributed by atoms with van der Waals surface area (Å²) in [6, 6.07) is 1.87. The molecule has 1 amide bonds. The lowest BCUT2D eigenvalue weighted by Gasteiger charge is -2.61. The van der Waals surface area contributed by atoms with Crippen molar-refractivity contribution < 1.29 is 61.9 Å². The number of carbonyl (C=O) groups excluding carboxylic acids is 3. The van der Waals surface area contributed by atoms with Crippen LogP contribution in [0.4, 0.5) is 13.2 Å². The van der Waals surface area contributed by atoms with E-state index in [1.807, 2.05) is 7.05 Å². The van der Waals surface area contributed by atoms with E-state index in [-0.39, 0.29) is 42.7 Å². The minimum Gasteiger partial charge on any atom is -0.504 e. The maximum Gasteiger partial charge on any atom is 0.490 e. The number of alkyl halides is 3. The van der Waals surface area contributed by atoms with Gasteiger partial charge in [0.2, 0.25) is 12.0 Å². The van der Waals surface area contributed by atoms with Crippen LogP contribution in [0.1, 0.15) is 43.2 Å². The van der Waals surface area contributed by atoms with Crippen molar-refractivity contribution in [2.45, 2.75) is 80.0 Å². The number of likely N-dealkylation sites (tertiary alicyclic amines) is 2. The molecular weight excluding hydrogens is 581 g/mol. The Morgan fingerprint density at radius 1 is 1.21 bits per heavy atom. The molecule has 1 aromatic carbocycles. The molecule has 1 aromatic rings. The molecular formula is C28H29F3N2O10. The number of amides is 1. The lowest BCUT2D eigenvalue weighted by molar-refractivity contribution is -0.207. The summed E-state index contributed by atoms with van der Waals surface area (Å²) in [7, 11) is 1.93. The number of esters is 2. The fourth-order valence-corrected chi connectivity index (χ4v) is 7.58. The molecule has 0 aromatic heterocycles. The Hall–Kier alpha value is -3.85. The summed E-state index contributed by atoms with van der Waals surface area (Å²) < 4.78 is 53.9. The Balaban J connectivity index is 1.23. The highest BCUT2D eigenvalue weighted by atomic mass is 19.4. The Labute approximate surface area is 242 Å². The van der Waals surface area contributed by atoms with Crippen LogP contribution in [0.5, 0.6) is 11.5 Å². The fraction of sp³-hybridized carbons (Fsp3) is 0.571. The first-order chi connectivity index (χ1) is 20.2. The summed E-state index contributed by atoms with van der Waals surface area (Å²) in [4.78, 5) is 52.1. The van der Waals surface area contributed by atoms with Crippen LogP contribution in [-0.4, -0.2) is 105 Å². The molecule has 1 unspecified atom stereocenters. The number of hydrogen-bond donors (Lipinski definition) is 3. The number of phenolic OH excluding ortho intramolecular Hbond substituents is 1. The topological polar surface area (TPSA) is 163 Å². The van der Waals surface area contributed by atoms with Crippen molar-refractivity contribution in [3.8, 4) is 11.5 Å². The predicted octanol–water partition coefficient (Wildman–Crippen LogP) is 1.15. The zero-order chi connectivity index (χ0) is 31.1. The van der Waals surface area contributed by atoms with E-state index in [4.69, 9.17) is 9.47 Å². The average Bonchev–Trinajstić information content (AvgIpc) is 3.56. The van der Waals surface area contributed by atoms with Crippen LogP contribution in [0.2, 0.25) is 0 Å². The number of carbonyl (C=O) groups is 4. The second-order valence-corrected chi connectivity index (χ2v) is 11.7. The molecule has 43 heavy (non-hydrogen) atoms. The monoisotopic (exact) mass is 610 g/mol. The maximum absolute atomic E-state index is 13.5. The molecule has 3 N–H and O–H groups in total. The predicted molar refractivity (Wildman–Crippen MR) is 136 cm³/mol. The van der Waals surface area contributed by atoms with Crippen molar-refractivity contribution in [1.82, 2.24) is 9.80 Å². The van der Waals surface area contributed by atoms with Crippen LogP contribution in [0.15, 0.2) is 24.0 Å². The van der Waals surface area contributed by atoms with Gasteiger partial charge >= 0.3 is 24.1 Å². The van der Waals surface area contributed by atoms with Crippen molar-refractivity contribution in [3.63, 3.8) is 0 Å². The lowest BCUT2D eigenvalue weighted by atomic mass is 9.50. The third-order valence-electron chi connectivity index (χ3n) is 9.53. The molecule has 0 radical (unpaired) electrons. The highest BCUT2D eigenvalue weighted by molar-refractivity contribution is 5.90. The molecule has 6 atom stereocenters. The molecule has 2 aliphatic carbocycles. The maximum atomic E-state index is 13.5. The normalized spacial score (nSPS) is 31.4. The molecule has 5 aliphatic rings. The van der Waals surface area contributed by atoms with Crippen LogP contribution >= 0.6 is 0 Å². The molecule has 2 bridgehead atoms. The van der Waals surface area contributed by atoms with Gasteiger partial charge in [-0.1, -0.05) is 6.07 Å². The number of piperidine rings is 1. The molecule has 15 heteroatoms. The third kappa shape index (κ3) is 4.26. The van der Waals surface area contributed by atoms with Gasteiger partial charge in [0, 0.05) is 24.6 Å². The Morgan fingerprint density at radius 3 is 2.65 bits per heavy atom. The zero-order valence-electron chi connectivity index (χ0n) is 22.9. The van der Waals surface area contributed by atoms with Crippen molar-refractivity contribution in [2.24, 2.45) is 0 Å². The number of aliphatic hydroxyl groups is 1. The Bertz CT molecular complexity index is 1450. The number of nitrogens with zero attached hydrogens (tertiary/aromatic N) is 2. The van der Waals surface area contributed by atoms with Crippen molar-refractivity contribution in [1.29, 1.82) is 0 Å². The Kier molecular flexibility index (Phi) is 6.69. The van der Waals surface area contributed by atoms with E-state index in [1.165, 1.54) is 6.07 Å². The number of halogens is 3. The van der Waals surface area contributed by atoms with Gasteiger partial charge in [0.05, 0.1) is 17.4 Å². The number of aliphatic carboxylic acids is 1. The van der Waals surface area contributed by atoms with E-state index >= 15 is 0 Å². The summed E-state index contributed by atoms with van der Waals surface area (Å²) in [5.74, 6) is -6.37. The third-order valence-corrected chi connectivity index (χ3v) is 9.53. The Morgan fingerprint density at radius 2 is 1.95 bits per heavy atom. The van der Waals surface area contributed by atoms with Crippen LogP contribution in [-0.2, 0) is 40.5 Å². The summed E-state index contributed by atoms with van der Waals surface area (Å²) in [5.41, 5.74) is -0.701. The SMILES string of the molecule is CN1CC[C@]23c4c5ccc(O)c4O[C@H]2C(OC(=O)[C@@H]2CCCN2C(=O)C[C@H](OC(=O)C(F)(F)F)C(=O)O)=CC[C@@]3(O)C1C5. The molecule has 232 valence electrons. The van der Waals surface area contributed by atoms with Crippen molar-refractivity contribution in [3.05, 3.63) is 35.1 Å². The van der Waals surface area contributed by atoms with Gasteiger partial charge in [-0.05, 0) is 57.0 Å². The number of rotatable bonds is 6. The summed E-state index contributed by atoms with van der Waals surface area (Å²) in [6.07, 6.45) is -6.81. The first kappa shape index (κ1) is 29.2. The van der Waals surface area contributed by atoms with Gasteiger partial charge in [-0.3, -0.25) is 4.79 Å². The van der Waals surface area contributed by atoms with Gasteiger partial charge in [0.1, 0.15) is 11.8 Å². The van der Waals surface area contributed by atoms with Gasteiger partial charge in [0.25, 0.3) is 0 Å². The second-order valence-electron chi connectivity index (χ2n) is 11.7. The van der Waals surface area contributed by atoms with E-state index in [1.54, 1.807) is 12.1 Å². The standard InChI is InChI=1S/C28H29F3N2O10/c1-32-10-8-26-20-13-4-5-15(34)21(20)43-22(26)16(6-7-27(26,40)18(32)11-13)41-24(38)14-3-2-9-33(14)19(35)12-17(23(36)37)42-25(39)28(29,30)31/h4-6,14,17-18,22,34,40H,2-3,7-12H2,1H3,(H,36,37)/t14-,17-,18?,22-,26-,27+/m0/s1. The summed E-state index contributed by atoms with van der Waals surface area (Å²) in [6.45, 7) is 0.606.